The number of nitrogens with one attached hydrogen (secondary N) is 1. The number of likely N-dealkylation sites (tertiary alicyclic amines) is 1. The third-order valence-corrected chi connectivity index (χ3v) is 5.48. The van der Waals surface area contributed by atoms with E-state index in [0.29, 0.717) is 13.1 Å². The standard InChI is InChI=1S/C18H24N2O4/c21-10-13-2-1-7-20(9-13)17(22)19-11-18(5-6-18)14-3-4-15-16(8-14)24-12-23-15/h3-4,8,13,21H,1-2,5-7,9-12H2,(H,19,22)/t13-/m0/s1. The van der Waals surface area contributed by atoms with Crippen molar-refractivity contribution in [1.82, 2.24) is 10.2 Å². The van der Waals surface area contributed by atoms with E-state index in [-0.39, 0.29) is 30.8 Å². The van der Waals surface area contributed by atoms with Crippen molar-refractivity contribution in [3.8, 4) is 11.5 Å². The highest BCUT2D eigenvalue weighted by molar-refractivity contribution is 5.74. The molecular formula is C18H24N2O4. The molecule has 1 atom stereocenters. The number of ether oxygens (including phenoxy) is 2. The van der Waals surface area contributed by atoms with E-state index < -0.39 is 0 Å². The van der Waals surface area contributed by atoms with Crippen LogP contribution in [0.5, 0.6) is 11.5 Å². The van der Waals surface area contributed by atoms with Gasteiger partial charge in [-0.3, -0.25) is 0 Å². The van der Waals surface area contributed by atoms with E-state index in [1.807, 2.05) is 17.0 Å². The monoisotopic (exact) mass is 332 g/mol. The number of benzene rings is 1. The van der Waals surface area contributed by atoms with Gasteiger partial charge in [-0.2, -0.15) is 0 Å². The van der Waals surface area contributed by atoms with Crippen molar-refractivity contribution in [3.63, 3.8) is 0 Å². The molecule has 0 spiro atoms. The highest BCUT2D eigenvalue weighted by atomic mass is 16.7. The molecule has 2 N–H and O–H groups in total. The molecule has 2 heterocycles. The van der Waals surface area contributed by atoms with Crippen LogP contribution in [0, 0.1) is 5.92 Å². The Balaban J connectivity index is 1.37. The first-order chi connectivity index (χ1) is 11.7. The van der Waals surface area contributed by atoms with Crippen molar-refractivity contribution in [2.24, 2.45) is 5.92 Å². The normalized spacial score (nSPS) is 23.9. The molecule has 2 aliphatic heterocycles. The summed E-state index contributed by atoms with van der Waals surface area (Å²) in [5, 5.41) is 12.4. The van der Waals surface area contributed by atoms with E-state index in [1.165, 1.54) is 5.56 Å². The summed E-state index contributed by atoms with van der Waals surface area (Å²) in [6, 6.07) is 6.07. The zero-order chi connectivity index (χ0) is 16.6. The van der Waals surface area contributed by atoms with Crippen LogP contribution in [-0.2, 0) is 5.41 Å². The molecule has 3 aliphatic rings. The number of urea groups is 1. The topological polar surface area (TPSA) is 71.0 Å². The van der Waals surface area contributed by atoms with Gasteiger partial charge in [0, 0.05) is 31.7 Å². The molecule has 6 nitrogen and oxygen atoms in total. The molecular weight excluding hydrogens is 308 g/mol. The van der Waals surface area contributed by atoms with Gasteiger partial charge in [-0.25, -0.2) is 4.79 Å². The lowest BCUT2D eigenvalue weighted by Gasteiger charge is -2.32. The van der Waals surface area contributed by atoms with Gasteiger partial charge in [0.2, 0.25) is 6.79 Å². The smallest absolute Gasteiger partial charge is 0.317 e. The van der Waals surface area contributed by atoms with Gasteiger partial charge in [-0.15, -0.1) is 0 Å². The van der Waals surface area contributed by atoms with Crippen LogP contribution in [0.25, 0.3) is 0 Å². The number of aliphatic hydroxyl groups excluding tert-OH is 1. The molecule has 0 aromatic heterocycles. The van der Waals surface area contributed by atoms with Crippen molar-refractivity contribution in [1.29, 1.82) is 0 Å². The van der Waals surface area contributed by atoms with E-state index in [0.717, 1.165) is 43.7 Å². The summed E-state index contributed by atoms with van der Waals surface area (Å²) in [7, 11) is 0. The summed E-state index contributed by atoms with van der Waals surface area (Å²) in [6.07, 6.45) is 4.12. The number of nitrogens with zero attached hydrogens (tertiary/aromatic N) is 1. The number of hydrogen-bond acceptors (Lipinski definition) is 4. The Morgan fingerprint density at radius 3 is 2.96 bits per heavy atom. The van der Waals surface area contributed by atoms with E-state index in [9.17, 15) is 9.90 Å². The Bertz CT molecular complexity index is 629. The number of fused-ring (bicyclic) bond motifs is 1. The molecule has 24 heavy (non-hydrogen) atoms. The van der Waals surface area contributed by atoms with Gasteiger partial charge in [0.1, 0.15) is 0 Å². The first-order valence-electron chi connectivity index (χ1n) is 8.74. The van der Waals surface area contributed by atoms with Crippen molar-refractivity contribution in [2.75, 3.05) is 33.0 Å². The Morgan fingerprint density at radius 1 is 1.33 bits per heavy atom. The molecule has 1 aromatic carbocycles. The third kappa shape index (κ3) is 2.90. The summed E-state index contributed by atoms with van der Waals surface area (Å²) < 4.78 is 10.8. The molecule has 2 amide bonds. The first-order valence-corrected chi connectivity index (χ1v) is 8.74. The molecule has 6 heteroatoms. The summed E-state index contributed by atoms with van der Waals surface area (Å²) in [6.45, 7) is 2.51. The van der Waals surface area contributed by atoms with Crippen molar-refractivity contribution in [2.45, 2.75) is 31.1 Å². The number of aliphatic hydroxyl groups is 1. The molecule has 1 aromatic rings. The summed E-state index contributed by atoms with van der Waals surface area (Å²) in [4.78, 5) is 14.3. The maximum atomic E-state index is 12.4. The minimum Gasteiger partial charge on any atom is -0.454 e. The average molecular weight is 332 g/mol. The zero-order valence-corrected chi connectivity index (χ0v) is 13.8. The summed E-state index contributed by atoms with van der Waals surface area (Å²) >= 11 is 0. The summed E-state index contributed by atoms with van der Waals surface area (Å²) in [5.74, 6) is 1.81. The largest absolute Gasteiger partial charge is 0.454 e. The number of rotatable bonds is 4. The fourth-order valence-corrected chi connectivity index (χ4v) is 3.70. The minimum atomic E-state index is -0.0137. The van der Waals surface area contributed by atoms with Gasteiger partial charge in [0.15, 0.2) is 11.5 Å². The van der Waals surface area contributed by atoms with E-state index in [4.69, 9.17) is 9.47 Å². The Labute approximate surface area is 141 Å². The Hall–Kier alpha value is -1.95. The van der Waals surface area contributed by atoms with Crippen LogP contribution in [0.15, 0.2) is 18.2 Å². The van der Waals surface area contributed by atoms with Crippen LogP contribution >= 0.6 is 0 Å². The van der Waals surface area contributed by atoms with Crippen LogP contribution in [0.1, 0.15) is 31.2 Å². The maximum absolute atomic E-state index is 12.4. The Kier molecular flexibility index (Phi) is 4.00. The molecule has 0 bridgehead atoms. The van der Waals surface area contributed by atoms with Gasteiger partial charge in [0.25, 0.3) is 0 Å². The Morgan fingerprint density at radius 2 is 2.17 bits per heavy atom. The highest BCUT2D eigenvalue weighted by Crippen LogP contribution is 2.49. The summed E-state index contributed by atoms with van der Waals surface area (Å²) in [5.41, 5.74) is 1.24. The van der Waals surface area contributed by atoms with Crippen molar-refractivity contribution >= 4 is 6.03 Å². The first kappa shape index (κ1) is 15.6. The van der Waals surface area contributed by atoms with Gasteiger partial charge < -0.3 is 24.8 Å². The van der Waals surface area contributed by atoms with E-state index in [2.05, 4.69) is 11.4 Å². The molecule has 1 aliphatic carbocycles. The molecule has 4 rings (SSSR count). The van der Waals surface area contributed by atoms with E-state index >= 15 is 0 Å². The average Bonchev–Trinajstić information content (AvgIpc) is 3.28. The molecule has 0 unspecified atom stereocenters. The predicted octanol–water partition coefficient (Wildman–Crippen LogP) is 1.86. The van der Waals surface area contributed by atoms with Crippen LogP contribution in [0.4, 0.5) is 4.79 Å². The lowest BCUT2D eigenvalue weighted by molar-refractivity contribution is 0.129. The minimum absolute atomic E-state index is 0.0137. The number of amides is 2. The maximum Gasteiger partial charge on any atom is 0.317 e. The van der Waals surface area contributed by atoms with Crippen LogP contribution in [0.3, 0.4) is 0 Å². The fourth-order valence-electron chi connectivity index (χ4n) is 3.70. The molecule has 2 fully saturated rings. The van der Waals surface area contributed by atoms with Crippen molar-refractivity contribution < 1.29 is 19.4 Å². The van der Waals surface area contributed by atoms with Crippen LogP contribution in [0.2, 0.25) is 0 Å². The number of carbonyl (C=O) groups is 1. The second kappa shape index (κ2) is 6.16. The highest BCUT2D eigenvalue weighted by Gasteiger charge is 2.45. The molecule has 130 valence electrons. The number of carbonyl (C=O) groups excluding carboxylic acids is 1. The lowest BCUT2D eigenvalue weighted by atomic mass is 9.95. The lowest BCUT2D eigenvalue weighted by Crippen LogP contribution is -2.47. The molecule has 1 saturated carbocycles. The van der Waals surface area contributed by atoms with Crippen molar-refractivity contribution in [3.05, 3.63) is 23.8 Å². The molecule has 1 saturated heterocycles. The van der Waals surface area contributed by atoms with Gasteiger partial charge in [-0.1, -0.05) is 6.07 Å². The SMILES string of the molecule is O=C(NCC1(c2ccc3c(c2)OCO3)CC1)N1CCC[C@H](CO)C1. The predicted molar refractivity (Wildman–Crippen MR) is 88.3 cm³/mol. The van der Waals surface area contributed by atoms with Gasteiger partial charge >= 0.3 is 6.03 Å². The quantitative estimate of drug-likeness (QED) is 0.883. The van der Waals surface area contributed by atoms with E-state index in [1.54, 1.807) is 0 Å². The second-order valence-electron chi connectivity index (χ2n) is 7.14. The molecule has 0 radical (unpaired) electrons. The zero-order valence-electron chi connectivity index (χ0n) is 13.8. The number of piperidine rings is 1. The van der Waals surface area contributed by atoms with Gasteiger partial charge in [0.05, 0.1) is 0 Å². The fraction of sp³-hybridized carbons (Fsp3) is 0.611. The number of hydrogen-bond donors (Lipinski definition) is 2. The van der Waals surface area contributed by atoms with Crippen LogP contribution < -0.4 is 14.8 Å². The third-order valence-electron chi connectivity index (χ3n) is 5.48. The second-order valence-corrected chi connectivity index (χ2v) is 7.14. The van der Waals surface area contributed by atoms with Crippen LogP contribution in [-0.4, -0.2) is 49.1 Å². The van der Waals surface area contributed by atoms with Gasteiger partial charge in [-0.05, 0) is 49.3 Å².